The maximum absolute atomic E-state index is 12.2. The molecule has 0 saturated carbocycles. The van der Waals surface area contributed by atoms with Crippen LogP contribution in [0.3, 0.4) is 0 Å². The number of ether oxygens (including phenoxy) is 1. The predicted molar refractivity (Wildman–Crippen MR) is 98.6 cm³/mol. The van der Waals surface area contributed by atoms with E-state index in [2.05, 4.69) is 10.4 Å². The number of rotatable bonds is 5. The Morgan fingerprint density at radius 3 is 2.64 bits per heavy atom. The van der Waals surface area contributed by atoms with Gasteiger partial charge in [-0.25, -0.2) is 4.68 Å². The molecular formula is C19H18ClN3O2. The highest BCUT2D eigenvalue weighted by molar-refractivity contribution is 6.30. The molecule has 0 spiro atoms. The van der Waals surface area contributed by atoms with E-state index in [-0.39, 0.29) is 12.5 Å². The number of anilines is 1. The molecule has 0 atom stereocenters. The smallest absolute Gasteiger partial charge is 0.263 e. The summed E-state index contributed by atoms with van der Waals surface area (Å²) in [6.45, 7) is 3.78. The number of nitrogens with zero attached hydrogens (tertiary/aromatic N) is 2. The minimum atomic E-state index is -0.260. The van der Waals surface area contributed by atoms with Crippen LogP contribution in [-0.2, 0) is 4.79 Å². The Kier molecular flexibility index (Phi) is 5.05. The summed E-state index contributed by atoms with van der Waals surface area (Å²) in [5.74, 6) is 0.960. The fourth-order valence-corrected chi connectivity index (χ4v) is 2.54. The highest BCUT2D eigenvalue weighted by Crippen LogP contribution is 2.20. The number of carbonyl (C=O) groups is 1. The molecule has 0 aliphatic rings. The van der Waals surface area contributed by atoms with Crippen LogP contribution in [0.25, 0.3) is 5.69 Å². The van der Waals surface area contributed by atoms with E-state index < -0.39 is 0 Å². The second-order valence-electron chi connectivity index (χ2n) is 5.71. The van der Waals surface area contributed by atoms with Crippen LogP contribution in [0.2, 0.25) is 5.02 Å². The third-order valence-corrected chi connectivity index (χ3v) is 3.78. The van der Waals surface area contributed by atoms with Crippen LogP contribution in [0.5, 0.6) is 5.75 Å². The minimum Gasteiger partial charge on any atom is -0.484 e. The molecule has 25 heavy (non-hydrogen) atoms. The van der Waals surface area contributed by atoms with E-state index in [0.29, 0.717) is 16.6 Å². The fraction of sp³-hybridized carbons (Fsp3) is 0.158. The lowest BCUT2D eigenvalue weighted by Crippen LogP contribution is -2.21. The lowest BCUT2D eigenvalue weighted by Gasteiger charge is -2.10. The quantitative estimate of drug-likeness (QED) is 0.747. The number of halogens is 1. The molecule has 3 aromatic rings. The molecule has 0 saturated heterocycles. The highest BCUT2D eigenvalue weighted by atomic mass is 35.5. The summed E-state index contributed by atoms with van der Waals surface area (Å²) in [5, 5.41) is 7.83. The van der Waals surface area contributed by atoms with Gasteiger partial charge in [0.05, 0.1) is 11.4 Å². The Labute approximate surface area is 151 Å². The molecular weight excluding hydrogens is 338 g/mol. The van der Waals surface area contributed by atoms with Gasteiger partial charge in [0.15, 0.2) is 6.61 Å². The van der Waals surface area contributed by atoms with Crippen molar-refractivity contribution in [2.45, 2.75) is 13.8 Å². The van der Waals surface area contributed by atoms with Crippen LogP contribution in [0.15, 0.2) is 54.6 Å². The molecule has 1 N–H and O–H groups in total. The van der Waals surface area contributed by atoms with E-state index in [1.54, 1.807) is 22.9 Å². The van der Waals surface area contributed by atoms with Gasteiger partial charge in [-0.2, -0.15) is 5.10 Å². The molecule has 2 aromatic carbocycles. The van der Waals surface area contributed by atoms with Crippen molar-refractivity contribution in [3.8, 4) is 11.4 Å². The van der Waals surface area contributed by atoms with Gasteiger partial charge < -0.3 is 10.1 Å². The predicted octanol–water partition coefficient (Wildman–Crippen LogP) is 4.16. The zero-order valence-corrected chi connectivity index (χ0v) is 14.7. The normalized spacial score (nSPS) is 10.5. The first-order valence-electron chi connectivity index (χ1n) is 7.83. The maximum atomic E-state index is 12.2. The van der Waals surface area contributed by atoms with E-state index in [1.807, 2.05) is 50.2 Å². The molecule has 0 unspecified atom stereocenters. The van der Waals surface area contributed by atoms with Crippen molar-refractivity contribution in [3.63, 3.8) is 0 Å². The van der Waals surface area contributed by atoms with Crippen LogP contribution < -0.4 is 10.1 Å². The monoisotopic (exact) mass is 355 g/mol. The Balaban J connectivity index is 1.70. The maximum Gasteiger partial charge on any atom is 0.263 e. The molecule has 1 heterocycles. The third-order valence-electron chi connectivity index (χ3n) is 3.54. The lowest BCUT2D eigenvalue weighted by atomic mass is 10.2. The van der Waals surface area contributed by atoms with Crippen molar-refractivity contribution in [1.29, 1.82) is 0 Å². The summed E-state index contributed by atoms with van der Waals surface area (Å²) >= 11 is 6.04. The molecule has 0 aliphatic carbocycles. The summed E-state index contributed by atoms with van der Waals surface area (Å²) in [5.41, 5.74) is 2.70. The lowest BCUT2D eigenvalue weighted by molar-refractivity contribution is -0.118. The number of aryl methyl sites for hydroxylation is 2. The summed E-state index contributed by atoms with van der Waals surface area (Å²) in [6, 6.07) is 16.6. The van der Waals surface area contributed by atoms with Crippen molar-refractivity contribution >= 4 is 23.3 Å². The van der Waals surface area contributed by atoms with Gasteiger partial charge >= 0.3 is 0 Å². The number of aromatic nitrogens is 2. The third kappa shape index (κ3) is 4.39. The van der Waals surface area contributed by atoms with Crippen molar-refractivity contribution in [3.05, 3.63) is 70.9 Å². The highest BCUT2D eigenvalue weighted by Gasteiger charge is 2.12. The van der Waals surface area contributed by atoms with Crippen LogP contribution in [0.1, 0.15) is 11.3 Å². The van der Waals surface area contributed by atoms with Gasteiger partial charge in [-0.3, -0.25) is 4.79 Å². The number of hydrogen-bond acceptors (Lipinski definition) is 3. The topological polar surface area (TPSA) is 56.1 Å². The second kappa shape index (κ2) is 7.40. The molecule has 3 rings (SSSR count). The Morgan fingerprint density at radius 2 is 1.92 bits per heavy atom. The van der Waals surface area contributed by atoms with E-state index in [0.717, 1.165) is 16.9 Å². The number of carbonyl (C=O) groups excluding carboxylic acids is 1. The van der Waals surface area contributed by atoms with Crippen LogP contribution in [0.4, 0.5) is 5.82 Å². The van der Waals surface area contributed by atoms with Crippen LogP contribution in [-0.4, -0.2) is 22.3 Å². The Morgan fingerprint density at radius 1 is 1.16 bits per heavy atom. The first kappa shape index (κ1) is 17.0. The standard InChI is InChI=1S/C19H18ClN3O2/c1-13-6-8-17(9-7-13)25-12-19(24)21-18-10-14(2)22-23(18)16-5-3-4-15(20)11-16/h3-11H,12H2,1-2H3,(H,21,24). The van der Waals surface area contributed by atoms with Gasteiger partial charge in [0.2, 0.25) is 0 Å². The molecule has 5 nitrogen and oxygen atoms in total. The Bertz CT molecular complexity index is 888. The van der Waals surface area contributed by atoms with Crippen molar-refractivity contribution in [2.75, 3.05) is 11.9 Å². The molecule has 0 radical (unpaired) electrons. The molecule has 6 heteroatoms. The first-order chi connectivity index (χ1) is 12.0. The minimum absolute atomic E-state index is 0.0805. The van der Waals surface area contributed by atoms with E-state index in [1.165, 1.54) is 0 Å². The van der Waals surface area contributed by atoms with Gasteiger partial charge in [0.25, 0.3) is 5.91 Å². The molecule has 1 aromatic heterocycles. The number of amides is 1. The van der Waals surface area contributed by atoms with Gasteiger partial charge in [0.1, 0.15) is 11.6 Å². The molecule has 128 valence electrons. The van der Waals surface area contributed by atoms with Gasteiger partial charge in [-0.1, -0.05) is 35.4 Å². The van der Waals surface area contributed by atoms with E-state index in [4.69, 9.17) is 16.3 Å². The zero-order chi connectivity index (χ0) is 17.8. The van der Waals surface area contributed by atoms with Crippen molar-refractivity contribution < 1.29 is 9.53 Å². The number of nitrogens with one attached hydrogen (secondary N) is 1. The van der Waals surface area contributed by atoms with Crippen LogP contribution >= 0.6 is 11.6 Å². The van der Waals surface area contributed by atoms with Crippen molar-refractivity contribution in [1.82, 2.24) is 9.78 Å². The first-order valence-corrected chi connectivity index (χ1v) is 8.21. The summed E-state index contributed by atoms with van der Waals surface area (Å²) in [6.07, 6.45) is 0. The molecule has 0 aliphatic heterocycles. The number of benzene rings is 2. The summed E-state index contributed by atoms with van der Waals surface area (Å²) in [7, 11) is 0. The Hall–Kier alpha value is -2.79. The van der Waals surface area contributed by atoms with E-state index in [9.17, 15) is 4.79 Å². The van der Waals surface area contributed by atoms with Crippen LogP contribution in [0, 0.1) is 13.8 Å². The average molecular weight is 356 g/mol. The summed E-state index contributed by atoms with van der Waals surface area (Å²) < 4.78 is 7.15. The number of hydrogen-bond donors (Lipinski definition) is 1. The largest absolute Gasteiger partial charge is 0.484 e. The van der Waals surface area contributed by atoms with Gasteiger partial charge in [-0.15, -0.1) is 0 Å². The molecule has 0 bridgehead atoms. The second-order valence-corrected chi connectivity index (χ2v) is 6.15. The zero-order valence-electron chi connectivity index (χ0n) is 14.0. The van der Waals surface area contributed by atoms with Gasteiger partial charge in [-0.05, 0) is 44.2 Å². The average Bonchev–Trinajstić information content (AvgIpc) is 2.95. The summed E-state index contributed by atoms with van der Waals surface area (Å²) in [4.78, 5) is 12.2. The molecule has 0 fully saturated rings. The SMILES string of the molecule is Cc1ccc(OCC(=O)Nc2cc(C)nn2-c2cccc(Cl)c2)cc1. The van der Waals surface area contributed by atoms with E-state index >= 15 is 0 Å². The van der Waals surface area contributed by atoms with Crippen molar-refractivity contribution in [2.24, 2.45) is 0 Å². The van der Waals surface area contributed by atoms with Gasteiger partial charge in [0, 0.05) is 11.1 Å². The fourth-order valence-electron chi connectivity index (χ4n) is 2.36. The molecule has 1 amide bonds.